The predicted octanol–water partition coefficient (Wildman–Crippen LogP) is 3.95. The van der Waals surface area contributed by atoms with Gasteiger partial charge >= 0.3 is 0 Å². The van der Waals surface area contributed by atoms with Crippen LogP contribution in [-0.2, 0) is 0 Å². The third kappa shape index (κ3) is 2.78. The topological polar surface area (TPSA) is 80.5 Å². The molecule has 6 nitrogen and oxygen atoms in total. The number of hydrogen-bond acceptors (Lipinski definition) is 5. The predicted molar refractivity (Wildman–Crippen MR) is 88.2 cm³/mol. The summed E-state index contributed by atoms with van der Waals surface area (Å²) < 4.78 is 6.21. The van der Waals surface area contributed by atoms with E-state index in [-0.39, 0.29) is 0 Å². The third-order valence-corrected chi connectivity index (χ3v) is 3.74. The van der Waals surface area contributed by atoms with Gasteiger partial charge in [-0.2, -0.15) is 10.1 Å². The molecule has 23 heavy (non-hydrogen) atoms. The Morgan fingerprint density at radius 2 is 1.91 bits per heavy atom. The first kappa shape index (κ1) is 13.8. The van der Waals surface area contributed by atoms with Crippen molar-refractivity contribution in [1.82, 2.24) is 25.3 Å². The molecule has 0 amide bonds. The molecule has 0 aliphatic rings. The average molecular weight is 368 g/mol. The Morgan fingerprint density at radius 3 is 2.74 bits per heavy atom. The standard InChI is InChI=1S/C16H10BrN5O/c17-13-7-12(8-18-9-13)16-20-15(22-23-16)11-3-1-2-10(6-11)14-4-5-19-21-14/h1-9H,(H,19,21). The average Bonchev–Trinajstić information content (AvgIpc) is 3.27. The lowest BCUT2D eigenvalue weighted by Gasteiger charge is -1.99. The molecule has 1 N–H and O–H groups in total. The van der Waals surface area contributed by atoms with Crippen molar-refractivity contribution in [2.75, 3.05) is 0 Å². The number of aromatic nitrogens is 5. The molecule has 0 spiro atoms. The maximum absolute atomic E-state index is 5.35. The highest BCUT2D eigenvalue weighted by Crippen LogP contribution is 2.26. The lowest BCUT2D eigenvalue weighted by molar-refractivity contribution is 0.432. The van der Waals surface area contributed by atoms with Gasteiger partial charge in [0.25, 0.3) is 5.89 Å². The number of nitrogens with zero attached hydrogens (tertiary/aromatic N) is 4. The molecule has 0 atom stereocenters. The third-order valence-electron chi connectivity index (χ3n) is 3.31. The Bertz CT molecular complexity index is 949. The van der Waals surface area contributed by atoms with Crippen LogP contribution in [0, 0.1) is 0 Å². The van der Waals surface area contributed by atoms with Crippen molar-refractivity contribution in [2.45, 2.75) is 0 Å². The summed E-state index contributed by atoms with van der Waals surface area (Å²) in [5.74, 6) is 0.960. The van der Waals surface area contributed by atoms with Gasteiger partial charge in [0.1, 0.15) is 0 Å². The van der Waals surface area contributed by atoms with Crippen LogP contribution in [0.3, 0.4) is 0 Å². The maximum atomic E-state index is 5.35. The van der Waals surface area contributed by atoms with Crippen LogP contribution in [0.4, 0.5) is 0 Å². The van der Waals surface area contributed by atoms with Gasteiger partial charge < -0.3 is 4.52 Å². The molecule has 0 fully saturated rings. The highest BCUT2D eigenvalue weighted by molar-refractivity contribution is 9.10. The summed E-state index contributed by atoms with van der Waals surface area (Å²) in [6.07, 6.45) is 5.10. The monoisotopic (exact) mass is 367 g/mol. The number of pyridine rings is 1. The van der Waals surface area contributed by atoms with Crippen LogP contribution < -0.4 is 0 Å². The van der Waals surface area contributed by atoms with Crippen LogP contribution in [-0.4, -0.2) is 25.3 Å². The molecular weight excluding hydrogens is 358 g/mol. The molecule has 7 heteroatoms. The zero-order valence-corrected chi connectivity index (χ0v) is 13.4. The minimum absolute atomic E-state index is 0.431. The number of hydrogen-bond donors (Lipinski definition) is 1. The Balaban J connectivity index is 1.71. The first-order valence-corrected chi connectivity index (χ1v) is 7.64. The van der Waals surface area contributed by atoms with E-state index in [1.807, 2.05) is 36.4 Å². The molecule has 4 aromatic rings. The number of halogens is 1. The maximum Gasteiger partial charge on any atom is 0.259 e. The number of H-pyrrole nitrogens is 1. The van der Waals surface area contributed by atoms with Crippen molar-refractivity contribution in [3.63, 3.8) is 0 Å². The van der Waals surface area contributed by atoms with Crippen molar-refractivity contribution < 1.29 is 4.52 Å². The highest BCUT2D eigenvalue weighted by Gasteiger charge is 2.12. The lowest BCUT2D eigenvalue weighted by Crippen LogP contribution is -1.84. The van der Waals surface area contributed by atoms with Gasteiger partial charge in [-0.1, -0.05) is 23.4 Å². The van der Waals surface area contributed by atoms with E-state index < -0.39 is 0 Å². The Hall–Kier alpha value is -2.80. The Morgan fingerprint density at radius 1 is 1.00 bits per heavy atom. The zero-order valence-electron chi connectivity index (χ0n) is 11.8. The van der Waals surface area contributed by atoms with E-state index in [0.717, 1.165) is 26.9 Å². The minimum atomic E-state index is 0.431. The fourth-order valence-electron chi connectivity index (χ4n) is 2.23. The second kappa shape index (κ2) is 5.77. The molecule has 1 aromatic carbocycles. The van der Waals surface area contributed by atoms with Gasteiger partial charge in [-0.05, 0) is 34.1 Å². The molecule has 0 saturated carbocycles. The van der Waals surface area contributed by atoms with E-state index in [9.17, 15) is 0 Å². The molecule has 112 valence electrons. The number of benzene rings is 1. The Labute approximate surface area is 139 Å². The molecule has 0 aliphatic carbocycles. The normalized spacial score (nSPS) is 10.8. The fourth-order valence-corrected chi connectivity index (χ4v) is 2.59. The summed E-state index contributed by atoms with van der Waals surface area (Å²) in [7, 11) is 0. The van der Waals surface area contributed by atoms with Crippen molar-refractivity contribution in [2.24, 2.45) is 0 Å². The summed E-state index contributed by atoms with van der Waals surface area (Å²) >= 11 is 3.38. The molecule has 3 heterocycles. The van der Waals surface area contributed by atoms with Gasteiger partial charge in [-0.3, -0.25) is 10.1 Å². The van der Waals surface area contributed by atoms with Gasteiger partial charge in [-0.15, -0.1) is 0 Å². The quantitative estimate of drug-likeness (QED) is 0.592. The molecule has 3 aromatic heterocycles. The molecule has 0 unspecified atom stereocenters. The van der Waals surface area contributed by atoms with Crippen molar-refractivity contribution in [1.29, 1.82) is 0 Å². The van der Waals surface area contributed by atoms with E-state index in [4.69, 9.17) is 4.52 Å². The number of nitrogens with one attached hydrogen (secondary N) is 1. The Kier molecular flexibility index (Phi) is 3.47. The van der Waals surface area contributed by atoms with Gasteiger partial charge in [0.15, 0.2) is 0 Å². The summed E-state index contributed by atoms with van der Waals surface area (Å²) in [5, 5.41) is 11.0. The van der Waals surface area contributed by atoms with Crippen molar-refractivity contribution in [3.8, 4) is 34.1 Å². The smallest absolute Gasteiger partial charge is 0.259 e. The summed E-state index contributed by atoms with van der Waals surface area (Å²) in [6.45, 7) is 0. The summed E-state index contributed by atoms with van der Waals surface area (Å²) in [6, 6.07) is 11.7. The van der Waals surface area contributed by atoms with Crippen LogP contribution in [0.25, 0.3) is 34.1 Å². The van der Waals surface area contributed by atoms with Crippen LogP contribution in [0.5, 0.6) is 0 Å². The van der Waals surface area contributed by atoms with Gasteiger partial charge in [0.05, 0.1) is 11.3 Å². The van der Waals surface area contributed by atoms with Gasteiger partial charge in [0, 0.05) is 34.2 Å². The van der Waals surface area contributed by atoms with Crippen molar-refractivity contribution >= 4 is 15.9 Å². The van der Waals surface area contributed by atoms with E-state index in [0.29, 0.717) is 11.7 Å². The molecular formula is C16H10BrN5O. The number of aromatic amines is 1. The largest absolute Gasteiger partial charge is 0.334 e. The first-order valence-electron chi connectivity index (χ1n) is 6.84. The minimum Gasteiger partial charge on any atom is -0.334 e. The van der Waals surface area contributed by atoms with Crippen LogP contribution in [0.15, 0.2) is 64.0 Å². The summed E-state index contributed by atoms with van der Waals surface area (Å²) in [5.41, 5.74) is 3.58. The molecule has 0 radical (unpaired) electrons. The van der Waals surface area contributed by atoms with Gasteiger partial charge in [0.2, 0.25) is 5.82 Å². The van der Waals surface area contributed by atoms with Gasteiger partial charge in [-0.25, -0.2) is 0 Å². The SMILES string of the molecule is Brc1cncc(-c2nc(-c3cccc(-c4ccn[nH]4)c3)no2)c1. The zero-order chi connectivity index (χ0) is 15.6. The molecule has 0 aliphatic heterocycles. The van der Waals surface area contributed by atoms with E-state index in [2.05, 4.69) is 41.3 Å². The van der Waals surface area contributed by atoms with E-state index in [1.54, 1.807) is 18.6 Å². The van der Waals surface area contributed by atoms with E-state index in [1.165, 1.54) is 0 Å². The first-order chi connectivity index (χ1) is 11.3. The second-order valence-corrected chi connectivity index (χ2v) is 5.78. The molecule has 0 saturated heterocycles. The fraction of sp³-hybridized carbons (Fsp3) is 0. The number of rotatable bonds is 3. The van der Waals surface area contributed by atoms with Crippen LogP contribution >= 0.6 is 15.9 Å². The highest BCUT2D eigenvalue weighted by atomic mass is 79.9. The second-order valence-electron chi connectivity index (χ2n) is 4.87. The van der Waals surface area contributed by atoms with Crippen LogP contribution in [0.1, 0.15) is 0 Å². The molecule has 0 bridgehead atoms. The molecule has 4 rings (SSSR count). The lowest BCUT2D eigenvalue weighted by atomic mass is 10.1. The summed E-state index contributed by atoms with van der Waals surface area (Å²) in [4.78, 5) is 8.55. The van der Waals surface area contributed by atoms with Crippen molar-refractivity contribution in [3.05, 3.63) is 59.5 Å². The van der Waals surface area contributed by atoms with E-state index >= 15 is 0 Å². The van der Waals surface area contributed by atoms with Crippen LogP contribution in [0.2, 0.25) is 0 Å².